The molecule has 1 atom stereocenters. The van der Waals surface area contributed by atoms with Gasteiger partial charge < -0.3 is 9.88 Å². The van der Waals surface area contributed by atoms with Crippen molar-refractivity contribution in [2.45, 2.75) is 44.9 Å². The van der Waals surface area contributed by atoms with Crippen molar-refractivity contribution in [3.63, 3.8) is 0 Å². The minimum Gasteiger partial charge on any atom is -0.346 e. The average molecular weight is 309 g/mol. The highest BCUT2D eigenvalue weighted by molar-refractivity contribution is 5.94. The van der Waals surface area contributed by atoms with Gasteiger partial charge in [0.05, 0.1) is 0 Å². The fourth-order valence-corrected chi connectivity index (χ4v) is 3.86. The molecule has 0 radical (unpaired) electrons. The summed E-state index contributed by atoms with van der Waals surface area (Å²) in [4.78, 5) is 22.5. The number of likely N-dealkylation sites (tertiary alicyclic amines) is 1. The molecule has 1 amide bonds. The molecule has 1 aliphatic carbocycles. The molecule has 4 heteroatoms. The molecule has 2 aromatic rings. The van der Waals surface area contributed by atoms with E-state index in [0.717, 1.165) is 49.4 Å². The second-order valence-corrected chi connectivity index (χ2v) is 6.88. The lowest BCUT2D eigenvalue weighted by Crippen LogP contribution is -2.28. The number of carbonyl (C=O) groups is 1. The molecule has 1 unspecified atom stereocenters. The number of nitrogens with one attached hydrogen (secondary N) is 1. The van der Waals surface area contributed by atoms with Gasteiger partial charge in [0.25, 0.3) is 5.91 Å². The summed E-state index contributed by atoms with van der Waals surface area (Å²) in [5.41, 5.74) is 4.74. The van der Waals surface area contributed by atoms with Gasteiger partial charge in [0.2, 0.25) is 0 Å². The molecule has 1 aliphatic heterocycles. The highest BCUT2D eigenvalue weighted by Crippen LogP contribution is 2.28. The SMILES string of the molecule is Cc1cnc(C2CCN(C(=O)c3ccc4c(c3)CCCC4)C2)[nH]1. The van der Waals surface area contributed by atoms with Gasteiger partial charge in [-0.15, -0.1) is 0 Å². The highest BCUT2D eigenvalue weighted by Gasteiger charge is 2.29. The molecule has 4 rings (SSSR count). The Morgan fingerprint density at radius 3 is 2.87 bits per heavy atom. The Morgan fingerprint density at radius 2 is 2.09 bits per heavy atom. The minimum atomic E-state index is 0.171. The van der Waals surface area contributed by atoms with Crippen LogP contribution in [-0.4, -0.2) is 33.9 Å². The number of amides is 1. The van der Waals surface area contributed by atoms with Crippen molar-refractivity contribution in [2.75, 3.05) is 13.1 Å². The molecule has 120 valence electrons. The summed E-state index contributed by atoms with van der Waals surface area (Å²) in [6, 6.07) is 6.29. The Labute approximate surface area is 136 Å². The van der Waals surface area contributed by atoms with E-state index in [1.165, 1.54) is 24.0 Å². The molecule has 1 fully saturated rings. The Morgan fingerprint density at radius 1 is 1.26 bits per heavy atom. The number of hydrogen-bond donors (Lipinski definition) is 1. The number of aryl methyl sites for hydroxylation is 3. The predicted octanol–water partition coefficient (Wildman–Crippen LogP) is 3.23. The molecule has 23 heavy (non-hydrogen) atoms. The van der Waals surface area contributed by atoms with Gasteiger partial charge >= 0.3 is 0 Å². The lowest BCUT2D eigenvalue weighted by molar-refractivity contribution is 0.0790. The van der Waals surface area contributed by atoms with Crippen LogP contribution < -0.4 is 0 Å². The minimum absolute atomic E-state index is 0.171. The largest absolute Gasteiger partial charge is 0.346 e. The standard InChI is InChI=1S/C19H23N3O/c1-13-11-20-18(21-13)17-8-9-22(12-17)19(23)16-7-6-14-4-2-3-5-15(14)10-16/h6-7,10-11,17H,2-5,8-9,12H2,1H3,(H,20,21). The van der Waals surface area contributed by atoms with Crippen molar-refractivity contribution in [1.29, 1.82) is 0 Å². The molecule has 2 aliphatic rings. The third-order valence-corrected chi connectivity index (χ3v) is 5.18. The van der Waals surface area contributed by atoms with Crippen molar-refractivity contribution in [2.24, 2.45) is 0 Å². The molecule has 2 heterocycles. The number of aromatic amines is 1. The fraction of sp³-hybridized carbons (Fsp3) is 0.474. The molecule has 1 aromatic heterocycles. The number of H-pyrrole nitrogens is 1. The Kier molecular flexibility index (Phi) is 3.68. The monoisotopic (exact) mass is 309 g/mol. The Bertz CT molecular complexity index is 734. The van der Waals surface area contributed by atoms with Gasteiger partial charge in [-0.05, 0) is 62.3 Å². The van der Waals surface area contributed by atoms with Crippen molar-refractivity contribution in [3.05, 3.63) is 52.6 Å². The lowest BCUT2D eigenvalue weighted by atomic mass is 9.90. The van der Waals surface area contributed by atoms with Crippen molar-refractivity contribution in [1.82, 2.24) is 14.9 Å². The van der Waals surface area contributed by atoms with Crippen LogP contribution in [0.5, 0.6) is 0 Å². The average Bonchev–Trinajstić information content (AvgIpc) is 3.22. The van der Waals surface area contributed by atoms with E-state index in [0.29, 0.717) is 5.92 Å². The van der Waals surface area contributed by atoms with Crippen molar-refractivity contribution < 1.29 is 4.79 Å². The van der Waals surface area contributed by atoms with E-state index in [1.807, 2.05) is 24.1 Å². The van der Waals surface area contributed by atoms with Gasteiger partial charge in [-0.1, -0.05) is 6.07 Å². The normalized spacial score (nSPS) is 20.6. The van der Waals surface area contributed by atoms with Crippen molar-refractivity contribution in [3.8, 4) is 0 Å². The maximum Gasteiger partial charge on any atom is 0.253 e. The predicted molar refractivity (Wildman–Crippen MR) is 89.7 cm³/mol. The van der Waals surface area contributed by atoms with Crippen LogP contribution in [0.4, 0.5) is 0 Å². The smallest absolute Gasteiger partial charge is 0.253 e. The van der Waals surface area contributed by atoms with E-state index < -0.39 is 0 Å². The summed E-state index contributed by atoms with van der Waals surface area (Å²) in [5.74, 6) is 1.53. The quantitative estimate of drug-likeness (QED) is 0.926. The molecule has 0 saturated carbocycles. The summed E-state index contributed by atoms with van der Waals surface area (Å²) in [7, 11) is 0. The van der Waals surface area contributed by atoms with Crippen LogP contribution in [-0.2, 0) is 12.8 Å². The third kappa shape index (κ3) is 2.78. The number of carbonyl (C=O) groups excluding carboxylic acids is 1. The Hall–Kier alpha value is -2.10. The van der Waals surface area contributed by atoms with Gasteiger partial charge in [-0.3, -0.25) is 4.79 Å². The number of benzene rings is 1. The van der Waals surface area contributed by atoms with Crippen LogP contribution in [0.15, 0.2) is 24.4 Å². The topological polar surface area (TPSA) is 49.0 Å². The summed E-state index contributed by atoms with van der Waals surface area (Å²) < 4.78 is 0. The molecule has 1 saturated heterocycles. The van der Waals surface area contributed by atoms with Crippen LogP contribution in [0.2, 0.25) is 0 Å². The third-order valence-electron chi connectivity index (χ3n) is 5.18. The van der Waals surface area contributed by atoms with Crippen LogP contribution in [0.1, 0.15) is 58.2 Å². The van der Waals surface area contributed by atoms with Crippen LogP contribution in [0, 0.1) is 6.92 Å². The molecule has 1 N–H and O–H groups in total. The molecular formula is C19H23N3O. The maximum atomic E-state index is 12.8. The first kappa shape index (κ1) is 14.5. The van der Waals surface area contributed by atoms with E-state index >= 15 is 0 Å². The fourth-order valence-electron chi connectivity index (χ4n) is 3.86. The van der Waals surface area contributed by atoms with E-state index in [2.05, 4.69) is 22.1 Å². The Balaban J connectivity index is 1.49. The summed E-state index contributed by atoms with van der Waals surface area (Å²) in [5, 5.41) is 0. The number of imidazole rings is 1. The lowest BCUT2D eigenvalue weighted by Gasteiger charge is -2.19. The summed E-state index contributed by atoms with van der Waals surface area (Å²) >= 11 is 0. The van der Waals surface area contributed by atoms with E-state index in [4.69, 9.17) is 0 Å². The first-order valence-electron chi connectivity index (χ1n) is 8.63. The second-order valence-electron chi connectivity index (χ2n) is 6.88. The zero-order chi connectivity index (χ0) is 15.8. The first-order valence-corrected chi connectivity index (χ1v) is 8.63. The molecule has 4 nitrogen and oxygen atoms in total. The number of aromatic nitrogens is 2. The highest BCUT2D eigenvalue weighted by atomic mass is 16.2. The van der Waals surface area contributed by atoms with E-state index in [1.54, 1.807) is 0 Å². The van der Waals surface area contributed by atoms with E-state index in [9.17, 15) is 4.79 Å². The van der Waals surface area contributed by atoms with Gasteiger partial charge in [-0.2, -0.15) is 0 Å². The maximum absolute atomic E-state index is 12.8. The molecular weight excluding hydrogens is 286 g/mol. The van der Waals surface area contributed by atoms with E-state index in [-0.39, 0.29) is 5.91 Å². The number of rotatable bonds is 2. The number of hydrogen-bond acceptors (Lipinski definition) is 2. The molecule has 0 bridgehead atoms. The second kappa shape index (κ2) is 5.84. The summed E-state index contributed by atoms with van der Waals surface area (Å²) in [6.07, 6.45) is 7.65. The zero-order valence-electron chi connectivity index (χ0n) is 13.6. The van der Waals surface area contributed by atoms with Gasteiger partial charge in [0, 0.05) is 36.5 Å². The van der Waals surface area contributed by atoms with Crippen molar-refractivity contribution >= 4 is 5.91 Å². The van der Waals surface area contributed by atoms with Gasteiger partial charge in [-0.25, -0.2) is 4.98 Å². The first-order chi connectivity index (χ1) is 11.2. The van der Waals surface area contributed by atoms with Gasteiger partial charge in [0.1, 0.15) is 5.82 Å². The molecule has 1 aromatic carbocycles. The van der Waals surface area contributed by atoms with Crippen LogP contribution in [0.3, 0.4) is 0 Å². The number of fused-ring (bicyclic) bond motifs is 1. The molecule has 0 spiro atoms. The summed E-state index contributed by atoms with van der Waals surface area (Å²) in [6.45, 7) is 3.60. The van der Waals surface area contributed by atoms with Crippen LogP contribution in [0.25, 0.3) is 0 Å². The zero-order valence-corrected chi connectivity index (χ0v) is 13.6. The van der Waals surface area contributed by atoms with Crippen LogP contribution >= 0.6 is 0 Å². The van der Waals surface area contributed by atoms with Gasteiger partial charge in [0.15, 0.2) is 0 Å². The number of nitrogens with zero attached hydrogens (tertiary/aromatic N) is 2.